The molecule has 0 atom stereocenters. The molecule has 1 aromatic heterocycles. The van der Waals surface area contributed by atoms with Crippen LogP contribution in [0.4, 0.5) is 0 Å². The summed E-state index contributed by atoms with van der Waals surface area (Å²) in [5, 5.41) is 6.77. The van der Waals surface area contributed by atoms with Crippen LogP contribution in [0.15, 0.2) is 29.6 Å². The quantitative estimate of drug-likeness (QED) is 0.586. The topological polar surface area (TPSA) is 64.0 Å². The molecule has 0 bridgehead atoms. The molecule has 1 aromatic rings. The molecule has 0 saturated heterocycles. The number of hydrogen-bond donors (Lipinski definition) is 1. The second-order valence-electron chi connectivity index (χ2n) is 3.97. The van der Waals surface area contributed by atoms with Gasteiger partial charge in [-0.2, -0.15) is 5.10 Å². The minimum absolute atomic E-state index is 0.175. The van der Waals surface area contributed by atoms with Gasteiger partial charge in [-0.1, -0.05) is 19.4 Å². The third-order valence-electron chi connectivity index (χ3n) is 2.46. The summed E-state index contributed by atoms with van der Waals surface area (Å²) in [5.41, 5.74) is 0.0980. The molecular formula is C13H19N3O2. The Morgan fingerprint density at radius 3 is 3.00 bits per heavy atom. The third kappa shape index (κ3) is 4.16. The van der Waals surface area contributed by atoms with Crippen molar-refractivity contribution in [2.75, 3.05) is 6.54 Å². The Balaban J connectivity index is 2.74. The van der Waals surface area contributed by atoms with Crippen LogP contribution in [0.1, 0.15) is 36.7 Å². The third-order valence-corrected chi connectivity index (χ3v) is 2.46. The van der Waals surface area contributed by atoms with Crippen molar-refractivity contribution in [1.82, 2.24) is 15.1 Å². The fourth-order valence-corrected chi connectivity index (χ4v) is 1.42. The predicted molar refractivity (Wildman–Crippen MR) is 70.6 cm³/mol. The summed E-state index contributed by atoms with van der Waals surface area (Å²) in [6.07, 6.45) is 4.29. The zero-order chi connectivity index (χ0) is 13.4. The zero-order valence-corrected chi connectivity index (χ0v) is 10.7. The van der Waals surface area contributed by atoms with Gasteiger partial charge in [0.15, 0.2) is 0 Å². The lowest BCUT2D eigenvalue weighted by molar-refractivity contribution is 0.0946. The van der Waals surface area contributed by atoms with Gasteiger partial charge in [0, 0.05) is 19.2 Å². The van der Waals surface area contributed by atoms with Crippen molar-refractivity contribution in [3.8, 4) is 0 Å². The number of nitrogens with one attached hydrogen (secondary N) is 1. The predicted octanol–water partition coefficient (Wildman–Crippen LogP) is 1.35. The maximum atomic E-state index is 11.7. The highest BCUT2D eigenvalue weighted by molar-refractivity contribution is 5.91. The summed E-state index contributed by atoms with van der Waals surface area (Å²) in [4.78, 5) is 23.2. The first kappa shape index (κ1) is 14.2. The molecule has 5 heteroatoms. The SMILES string of the molecule is C=CCCNC(=O)c1ccc(=O)n(CCCC)n1. The van der Waals surface area contributed by atoms with Gasteiger partial charge in [-0.15, -0.1) is 6.58 Å². The van der Waals surface area contributed by atoms with E-state index in [1.54, 1.807) is 6.08 Å². The normalized spacial score (nSPS) is 10.1. The minimum Gasteiger partial charge on any atom is -0.350 e. The average molecular weight is 249 g/mol. The Morgan fingerprint density at radius 1 is 1.56 bits per heavy atom. The number of nitrogens with zero attached hydrogens (tertiary/aromatic N) is 2. The highest BCUT2D eigenvalue weighted by atomic mass is 16.2. The van der Waals surface area contributed by atoms with Crippen molar-refractivity contribution in [3.05, 3.63) is 40.8 Å². The monoisotopic (exact) mass is 249 g/mol. The standard InChI is InChI=1S/C13H19N3O2/c1-3-5-9-14-13(18)11-7-8-12(17)16(15-11)10-6-4-2/h3,7-8H,1,4-6,9-10H2,2H3,(H,14,18). The Hall–Kier alpha value is -1.91. The fraction of sp³-hybridized carbons (Fsp3) is 0.462. The Labute approximate surface area is 107 Å². The van der Waals surface area contributed by atoms with E-state index in [0.29, 0.717) is 19.5 Å². The first-order valence-electron chi connectivity index (χ1n) is 6.16. The lowest BCUT2D eigenvalue weighted by Gasteiger charge is -2.06. The van der Waals surface area contributed by atoms with Gasteiger partial charge in [-0.25, -0.2) is 4.68 Å². The molecule has 98 valence electrons. The van der Waals surface area contributed by atoms with Crippen molar-refractivity contribution in [1.29, 1.82) is 0 Å². The molecule has 0 unspecified atom stereocenters. The molecule has 1 N–H and O–H groups in total. The maximum absolute atomic E-state index is 11.7. The van der Waals surface area contributed by atoms with Crippen LogP contribution in [0.3, 0.4) is 0 Å². The molecular weight excluding hydrogens is 230 g/mol. The molecule has 1 heterocycles. The van der Waals surface area contributed by atoms with Crippen molar-refractivity contribution in [2.24, 2.45) is 0 Å². The molecule has 0 radical (unpaired) electrons. The summed E-state index contributed by atoms with van der Waals surface area (Å²) in [6, 6.07) is 2.83. The zero-order valence-electron chi connectivity index (χ0n) is 10.7. The van der Waals surface area contributed by atoms with Gasteiger partial charge in [0.25, 0.3) is 11.5 Å². The molecule has 0 spiro atoms. The van der Waals surface area contributed by atoms with Crippen LogP contribution in [0, 0.1) is 0 Å². The van der Waals surface area contributed by atoms with E-state index < -0.39 is 0 Å². The van der Waals surface area contributed by atoms with Gasteiger partial charge in [0.2, 0.25) is 0 Å². The number of carbonyl (C=O) groups excluding carboxylic acids is 1. The molecule has 0 aromatic carbocycles. The van der Waals surface area contributed by atoms with Crippen LogP contribution in [-0.4, -0.2) is 22.2 Å². The van der Waals surface area contributed by atoms with Crippen molar-refractivity contribution in [2.45, 2.75) is 32.7 Å². The van der Waals surface area contributed by atoms with Crippen molar-refractivity contribution < 1.29 is 4.79 Å². The number of carbonyl (C=O) groups is 1. The van der Waals surface area contributed by atoms with E-state index in [9.17, 15) is 9.59 Å². The number of unbranched alkanes of at least 4 members (excludes halogenated alkanes) is 1. The highest BCUT2D eigenvalue weighted by Gasteiger charge is 2.08. The van der Waals surface area contributed by atoms with Crippen LogP contribution in [-0.2, 0) is 6.54 Å². The summed E-state index contributed by atoms with van der Waals surface area (Å²) >= 11 is 0. The number of amides is 1. The van der Waals surface area contributed by atoms with E-state index in [4.69, 9.17) is 0 Å². The summed E-state index contributed by atoms with van der Waals surface area (Å²) < 4.78 is 1.34. The van der Waals surface area contributed by atoms with Crippen LogP contribution < -0.4 is 10.9 Å². The lowest BCUT2D eigenvalue weighted by atomic mass is 10.3. The molecule has 5 nitrogen and oxygen atoms in total. The number of aromatic nitrogens is 2. The number of hydrogen-bond acceptors (Lipinski definition) is 3. The molecule has 1 rings (SSSR count). The van der Waals surface area contributed by atoms with E-state index in [0.717, 1.165) is 12.8 Å². The van der Waals surface area contributed by atoms with Crippen LogP contribution in [0.25, 0.3) is 0 Å². The fourth-order valence-electron chi connectivity index (χ4n) is 1.42. The van der Waals surface area contributed by atoms with E-state index >= 15 is 0 Å². The first-order valence-corrected chi connectivity index (χ1v) is 6.16. The van der Waals surface area contributed by atoms with Crippen molar-refractivity contribution in [3.63, 3.8) is 0 Å². The van der Waals surface area contributed by atoms with Gasteiger partial charge in [0.05, 0.1) is 0 Å². The van der Waals surface area contributed by atoms with Crippen molar-refractivity contribution >= 4 is 5.91 Å². The summed E-state index contributed by atoms with van der Waals surface area (Å²) in [6.45, 7) is 6.69. The van der Waals surface area contributed by atoms with Gasteiger partial charge in [-0.05, 0) is 18.9 Å². The first-order chi connectivity index (χ1) is 8.69. The molecule has 0 aliphatic heterocycles. The maximum Gasteiger partial charge on any atom is 0.271 e. The van der Waals surface area contributed by atoms with E-state index in [1.165, 1.54) is 16.8 Å². The van der Waals surface area contributed by atoms with E-state index in [2.05, 4.69) is 17.0 Å². The molecule has 0 aliphatic carbocycles. The second-order valence-corrected chi connectivity index (χ2v) is 3.97. The van der Waals surface area contributed by atoms with E-state index in [-0.39, 0.29) is 17.2 Å². The minimum atomic E-state index is -0.262. The van der Waals surface area contributed by atoms with Gasteiger partial charge in [0.1, 0.15) is 5.69 Å². The molecule has 0 saturated carbocycles. The van der Waals surface area contributed by atoms with Gasteiger partial charge >= 0.3 is 0 Å². The molecule has 0 aliphatic rings. The number of aryl methyl sites for hydroxylation is 1. The Morgan fingerprint density at radius 2 is 2.33 bits per heavy atom. The highest BCUT2D eigenvalue weighted by Crippen LogP contribution is 1.94. The Kier molecular flexibility index (Phi) is 5.84. The second kappa shape index (κ2) is 7.42. The van der Waals surface area contributed by atoms with Crippen LogP contribution in [0.2, 0.25) is 0 Å². The summed E-state index contributed by atoms with van der Waals surface area (Å²) in [7, 11) is 0. The van der Waals surface area contributed by atoms with Gasteiger partial charge < -0.3 is 5.32 Å². The average Bonchev–Trinajstić information content (AvgIpc) is 2.38. The Bertz CT molecular complexity index is 466. The smallest absolute Gasteiger partial charge is 0.271 e. The lowest BCUT2D eigenvalue weighted by Crippen LogP contribution is -2.30. The van der Waals surface area contributed by atoms with E-state index in [1.807, 2.05) is 6.92 Å². The molecule has 18 heavy (non-hydrogen) atoms. The van der Waals surface area contributed by atoms with Crippen LogP contribution in [0.5, 0.6) is 0 Å². The molecule has 0 fully saturated rings. The summed E-state index contributed by atoms with van der Waals surface area (Å²) in [5.74, 6) is -0.262. The number of rotatable bonds is 7. The van der Waals surface area contributed by atoms with Gasteiger partial charge in [-0.3, -0.25) is 9.59 Å². The van der Waals surface area contributed by atoms with Crippen LogP contribution >= 0.6 is 0 Å². The largest absolute Gasteiger partial charge is 0.350 e. The molecule has 1 amide bonds.